The summed E-state index contributed by atoms with van der Waals surface area (Å²) in [7, 11) is 0. The van der Waals surface area contributed by atoms with Crippen molar-refractivity contribution in [3.8, 4) is 5.69 Å². The molecule has 1 aromatic heterocycles. The number of aromatic nitrogens is 2. The van der Waals surface area contributed by atoms with Crippen LogP contribution in [0.15, 0.2) is 17.2 Å². The van der Waals surface area contributed by atoms with Crippen LogP contribution in [-0.4, -0.2) is 13.9 Å². The lowest BCUT2D eigenvalue weighted by Gasteiger charge is -2.13. The third kappa shape index (κ3) is 3.93. The normalized spacial score (nSPS) is 12.2. The van der Waals surface area contributed by atoms with E-state index in [1.165, 1.54) is 0 Å². The van der Waals surface area contributed by atoms with Crippen molar-refractivity contribution in [2.75, 3.05) is 5.73 Å². The molecule has 126 valence electrons. The minimum atomic E-state index is -4.64. The second-order valence-electron chi connectivity index (χ2n) is 4.08. The maximum atomic E-state index is 14.0. The van der Waals surface area contributed by atoms with Crippen molar-refractivity contribution in [1.29, 1.82) is 0 Å². The highest BCUT2D eigenvalue weighted by atomic mass is 35.5. The van der Waals surface area contributed by atoms with Crippen LogP contribution in [0.25, 0.3) is 5.69 Å². The highest BCUT2D eigenvalue weighted by Gasteiger charge is 2.33. The molecule has 12 heteroatoms. The maximum absolute atomic E-state index is 14.0. The van der Waals surface area contributed by atoms with Crippen LogP contribution in [0.5, 0.6) is 0 Å². The average Bonchev–Trinajstić information content (AvgIpc) is 2.65. The summed E-state index contributed by atoms with van der Waals surface area (Å²) in [5, 5.41) is 2.75. The lowest BCUT2D eigenvalue weighted by atomic mass is 10.2. The highest BCUT2D eigenvalue weighted by molar-refractivity contribution is 8.02. The summed E-state index contributed by atoms with van der Waals surface area (Å²) < 4.78 is 51.9. The number of nitrogen functional groups attached to an aromatic ring is 1. The molecule has 1 heterocycles. The largest absolute Gasteiger partial charge is 0.416 e. The predicted octanol–water partition coefficient (Wildman–Crippen LogP) is 5.77. The van der Waals surface area contributed by atoms with E-state index in [1.54, 1.807) is 0 Å². The Hall–Kier alpha value is -0.540. The molecule has 0 radical (unpaired) electrons. The number of rotatable bonds is 3. The van der Waals surface area contributed by atoms with E-state index >= 15 is 0 Å². The second kappa shape index (κ2) is 6.76. The minimum Gasteiger partial charge on any atom is -0.381 e. The first-order valence-electron chi connectivity index (χ1n) is 5.57. The number of alkyl halides is 5. The number of hydrogen-bond donors (Lipinski definition) is 1. The second-order valence-corrected chi connectivity index (χ2v) is 7.60. The Labute approximate surface area is 151 Å². The van der Waals surface area contributed by atoms with Gasteiger partial charge in [-0.25, -0.2) is 4.68 Å². The number of halogens is 8. The van der Waals surface area contributed by atoms with Gasteiger partial charge in [0.2, 0.25) is 0 Å². The van der Waals surface area contributed by atoms with E-state index in [-0.39, 0.29) is 10.7 Å². The molecule has 0 aliphatic heterocycles. The fourth-order valence-electron chi connectivity index (χ4n) is 1.65. The summed E-state index contributed by atoms with van der Waals surface area (Å²) in [4.78, 5) is 0. The van der Waals surface area contributed by atoms with Crippen LogP contribution in [0, 0.1) is 5.82 Å². The van der Waals surface area contributed by atoms with Gasteiger partial charge >= 0.3 is 6.18 Å². The summed E-state index contributed by atoms with van der Waals surface area (Å²) >= 11 is 23.4. The summed E-state index contributed by atoms with van der Waals surface area (Å²) in [5.74, 6) is -1.43. The van der Waals surface area contributed by atoms with Crippen LogP contribution in [0.3, 0.4) is 0 Å². The maximum Gasteiger partial charge on any atom is 0.416 e. The Morgan fingerprint density at radius 3 is 2.13 bits per heavy atom. The first-order valence-corrected chi connectivity index (χ1v) is 8.08. The summed E-state index contributed by atoms with van der Waals surface area (Å²) in [5.41, 5.74) is 4.31. The third-order valence-corrected chi connectivity index (χ3v) is 4.36. The van der Waals surface area contributed by atoms with Crippen molar-refractivity contribution < 1.29 is 17.6 Å². The molecular formula is C11H5Cl4F4N3S. The quantitative estimate of drug-likeness (QED) is 0.383. The summed E-state index contributed by atoms with van der Waals surface area (Å²) in [6, 6.07) is 1.28. The molecule has 1 aromatic carbocycles. The van der Waals surface area contributed by atoms with Gasteiger partial charge in [0.05, 0.1) is 15.6 Å². The molecule has 0 saturated carbocycles. The van der Waals surface area contributed by atoms with Gasteiger partial charge < -0.3 is 5.73 Å². The number of hydrogen-bond acceptors (Lipinski definition) is 3. The molecule has 2 rings (SSSR count). The zero-order valence-corrected chi connectivity index (χ0v) is 14.5. The molecule has 2 N–H and O–H groups in total. The first kappa shape index (κ1) is 18.8. The highest BCUT2D eigenvalue weighted by Crippen LogP contribution is 2.40. The molecule has 0 unspecified atom stereocenters. The van der Waals surface area contributed by atoms with Crippen LogP contribution in [0.4, 0.5) is 23.4 Å². The van der Waals surface area contributed by atoms with E-state index in [2.05, 4.69) is 5.10 Å². The number of anilines is 1. The Kier molecular flexibility index (Phi) is 5.52. The molecule has 3 nitrogen and oxygen atoms in total. The van der Waals surface area contributed by atoms with Crippen molar-refractivity contribution in [2.45, 2.75) is 15.4 Å². The molecule has 0 amide bonds. The Balaban J connectivity index is 2.59. The van der Waals surface area contributed by atoms with Crippen LogP contribution in [0.2, 0.25) is 10.0 Å². The van der Waals surface area contributed by atoms with Crippen LogP contribution in [0.1, 0.15) is 5.56 Å². The van der Waals surface area contributed by atoms with Gasteiger partial charge in [0.1, 0.15) is 5.69 Å². The third-order valence-electron chi connectivity index (χ3n) is 2.59. The summed E-state index contributed by atoms with van der Waals surface area (Å²) in [6.07, 6.45) is -4.64. The fraction of sp³-hybridized carbons (Fsp3) is 0.182. The number of benzene rings is 1. The van der Waals surface area contributed by atoms with Gasteiger partial charge in [0.25, 0.3) is 0 Å². The first-order chi connectivity index (χ1) is 10.5. The zero-order chi connectivity index (χ0) is 17.5. The summed E-state index contributed by atoms with van der Waals surface area (Å²) in [6.45, 7) is 0. The number of nitrogens with zero attached hydrogens (tertiary/aromatic N) is 2. The lowest BCUT2D eigenvalue weighted by molar-refractivity contribution is -0.137. The molecule has 0 fully saturated rings. The lowest BCUT2D eigenvalue weighted by Crippen LogP contribution is -2.08. The monoisotopic (exact) mass is 427 g/mol. The van der Waals surface area contributed by atoms with Crippen molar-refractivity contribution in [1.82, 2.24) is 9.78 Å². The van der Waals surface area contributed by atoms with Gasteiger partial charge in [-0.3, -0.25) is 0 Å². The molecular weight excluding hydrogens is 424 g/mol. The van der Waals surface area contributed by atoms with Crippen molar-refractivity contribution >= 4 is 64.0 Å². The standard InChI is InChI=1S/C11H5Cl4F4N3S/c12-4-1-3(11(17,18)19)2-5(13)7(4)22-8(20)6(16)9(21-22)23-10(14)15/h1-2,10H,20H2. The van der Waals surface area contributed by atoms with Gasteiger partial charge in [-0.2, -0.15) is 22.7 Å². The Morgan fingerprint density at radius 1 is 1.17 bits per heavy atom. The Morgan fingerprint density at radius 2 is 1.70 bits per heavy atom. The van der Waals surface area contributed by atoms with Gasteiger partial charge in [0.15, 0.2) is 20.8 Å². The molecule has 0 spiro atoms. The number of thioether (sulfide) groups is 1. The van der Waals surface area contributed by atoms with E-state index in [4.69, 9.17) is 52.1 Å². The molecule has 23 heavy (non-hydrogen) atoms. The van der Waals surface area contributed by atoms with E-state index in [1.807, 2.05) is 0 Å². The zero-order valence-electron chi connectivity index (χ0n) is 10.6. The van der Waals surface area contributed by atoms with Gasteiger partial charge in [0, 0.05) is 0 Å². The van der Waals surface area contributed by atoms with Crippen molar-refractivity contribution in [3.05, 3.63) is 33.6 Å². The van der Waals surface area contributed by atoms with Gasteiger partial charge in [-0.1, -0.05) is 58.2 Å². The fourth-order valence-corrected chi connectivity index (χ4v) is 3.31. The van der Waals surface area contributed by atoms with Crippen LogP contribution >= 0.6 is 58.2 Å². The smallest absolute Gasteiger partial charge is 0.381 e. The number of nitrogens with two attached hydrogens (primary N) is 1. The molecule has 0 aliphatic rings. The minimum absolute atomic E-state index is 0.190. The van der Waals surface area contributed by atoms with Gasteiger partial charge in [-0.15, -0.1) is 0 Å². The predicted molar refractivity (Wildman–Crippen MR) is 84.3 cm³/mol. The molecule has 0 bridgehead atoms. The molecule has 2 aromatic rings. The van der Waals surface area contributed by atoms with E-state index in [0.717, 1.165) is 4.68 Å². The van der Waals surface area contributed by atoms with E-state index in [9.17, 15) is 17.6 Å². The van der Waals surface area contributed by atoms with E-state index in [0.29, 0.717) is 23.9 Å². The van der Waals surface area contributed by atoms with E-state index < -0.39 is 37.6 Å². The molecule has 0 saturated heterocycles. The van der Waals surface area contributed by atoms with Gasteiger partial charge in [-0.05, 0) is 12.1 Å². The SMILES string of the molecule is Nc1c(F)c(SC(Cl)Cl)nn1-c1c(Cl)cc(C(F)(F)F)cc1Cl. The van der Waals surface area contributed by atoms with Crippen molar-refractivity contribution in [2.24, 2.45) is 0 Å². The average molecular weight is 429 g/mol. The van der Waals surface area contributed by atoms with Crippen molar-refractivity contribution in [3.63, 3.8) is 0 Å². The molecule has 0 aliphatic carbocycles. The molecule has 0 atom stereocenters. The topological polar surface area (TPSA) is 43.8 Å². The van der Waals surface area contributed by atoms with Crippen LogP contribution < -0.4 is 5.73 Å². The van der Waals surface area contributed by atoms with Crippen LogP contribution in [-0.2, 0) is 6.18 Å². The Bertz CT molecular complexity index is 725.